The van der Waals surface area contributed by atoms with Crippen LogP contribution in [0, 0.1) is 0 Å². The summed E-state index contributed by atoms with van der Waals surface area (Å²) in [7, 11) is -0.515. The molecule has 0 heterocycles. The molecule has 0 aliphatic heterocycles. The van der Waals surface area contributed by atoms with Crippen molar-refractivity contribution >= 4 is 39.3 Å². The summed E-state index contributed by atoms with van der Waals surface area (Å²) < 4.78 is 25.2. The monoisotopic (exact) mass is 326 g/mol. The minimum absolute atomic E-state index is 0.186. The van der Waals surface area contributed by atoms with Gasteiger partial charge in [0.15, 0.2) is 5.11 Å². The zero-order valence-electron chi connectivity index (χ0n) is 12.1. The first-order chi connectivity index (χ1) is 9.73. The Morgan fingerprint density at radius 1 is 1.43 bits per heavy atom. The van der Waals surface area contributed by atoms with Crippen molar-refractivity contribution in [1.29, 1.82) is 0 Å². The molecule has 1 rings (SSSR count). The van der Waals surface area contributed by atoms with Gasteiger partial charge in [-0.3, -0.25) is 5.43 Å². The third-order valence-corrected chi connectivity index (χ3v) is 4.33. The first-order valence-electron chi connectivity index (χ1n) is 6.01. The van der Waals surface area contributed by atoms with E-state index in [0.29, 0.717) is 5.69 Å². The van der Waals surface area contributed by atoms with Crippen LogP contribution in [0.25, 0.3) is 0 Å². The van der Waals surface area contributed by atoms with Crippen LogP contribution in [-0.2, 0) is 10.0 Å². The normalized spacial score (nSPS) is 11.6. The average molecular weight is 326 g/mol. The molecule has 21 heavy (non-hydrogen) atoms. The van der Waals surface area contributed by atoms with E-state index in [0.717, 1.165) is 9.88 Å². The molecule has 8 heteroatoms. The molecule has 0 fully saturated rings. The number of nitrogens with one attached hydrogen (secondary N) is 2. The number of benzene rings is 1. The van der Waals surface area contributed by atoms with Crippen LogP contribution in [0.1, 0.15) is 6.92 Å². The van der Waals surface area contributed by atoms with E-state index in [4.69, 9.17) is 12.2 Å². The molecule has 0 unspecified atom stereocenters. The smallest absolute Gasteiger partial charge is 0.242 e. The zero-order valence-corrected chi connectivity index (χ0v) is 13.8. The number of allylic oxidation sites excluding steroid dienone is 1. The summed E-state index contributed by atoms with van der Waals surface area (Å²) >= 11 is 5.05. The zero-order chi connectivity index (χ0) is 16.0. The van der Waals surface area contributed by atoms with Gasteiger partial charge >= 0.3 is 0 Å². The molecular formula is C13H18N4O2S2. The number of sulfonamides is 1. The Balaban J connectivity index is 2.83. The molecule has 0 radical (unpaired) electrons. The van der Waals surface area contributed by atoms with Gasteiger partial charge in [0.25, 0.3) is 0 Å². The topological polar surface area (TPSA) is 73.8 Å². The highest BCUT2D eigenvalue weighted by molar-refractivity contribution is 7.89. The molecule has 0 aliphatic carbocycles. The van der Waals surface area contributed by atoms with E-state index < -0.39 is 10.0 Å². The van der Waals surface area contributed by atoms with E-state index in [9.17, 15) is 8.42 Å². The van der Waals surface area contributed by atoms with Gasteiger partial charge in [-0.15, -0.1) is 0 Å². The van der Waals surface area contributed by atoms with Gasteiger partial charge in [-0.2, -0.15) is 5.10 Å². The lowest BCUT2D eigenvalue weighted by atomic mass is 10.3. The molecule has 0 bridgehead atoms. The maximum atomic E-state index is 12.0. The molecule has 0 amide bonds. The minimum Gasteiger partial charge on any atom is -0.331 e. The second kappa shape index (κ2) is 7.30. The Bertz CT molecular complexity index is 667. The lowest BCUT2D eigenvalue weighted by Crippen LogP contribution is -2.25. The van der Waals surface area contributed by atoms with Crippen molar-refractivity contribution in [2.45, 2.75) is 11.8 Å². The number of thiocarbonyl (C=S) groups is 1. The summed E-state index contributed by atoms with van der Waals surface area (Å²) in [6.45, 7) is 5.47. The van der Waals surface area contributed by atoms with E-state index in [1.54, 1.807) is 19.1 Å². The predicted molar refractivity (Wildman–Crippen MR) is 90.0 cm³/mol. The molecule has 0 saturated carbocycles. The van der Waals surface area contributed by atoms with Gasteiger partial charge in [-0.1, -0.05) is 12.6 Å². The highest BCUT2D eigenvalue weighted by Crippen LogP contribution is 2.17. The molecule has 0 atom stereocenters. The fourth-order valence-electron chi connectivity index (χ4n) is 1.31. The molecule has 1 aromatic rings. The molecular weight excluding hydrogens is 308 g/mol. The first kappa shape index (κ1) is 17.3. The molecule has 6 nitrogen and oxygen atoms in total. The van der Waals surface area contributed by atoms with Crippen molar-refractivity contribution in [2.75, 3.05) is 19.4 Å². The Morgan fingerprint density at radius 2 is 2.10 bits per heavy atom. The molecule has 0 aliphatic rings. The molecule has 114 valence electrons. The number of anilines is 1. The SMILES string of the molecule is C=C(C)C=NNC(=S)Nc1cccc(S(=O)(=O)N(C)C)c1. The van der Waals surface area contributed by atoms with Gasteiger partial charge in [0, 0.05) is 26.0 Å². The third kappa shape index (κ3) is 5.25. The molecule has 0 aromatic heterocycles. The molecule has 0 saturated heterocycles. The van der Waals surface area contributed by atoms with Crippen LogP contribution >= 0.6 is 12.2 Å². The summed E-state index contributed by atoms with van der Waals surface area (Å²) in [5.41, 5.74) is 3.95. The van der Waals surface area contributed by atoms with Crippen LogP contribution < -0.4 is 10.7 Å². The van der Waals surface area contributed by atoms with Crippen molar-refractivity contribution in [3.05, 3.63) is 36.4 Å². The van der Waals surface area contributed by atoms with Crippen molar-refractivity contribution in [3.8, 4) is 0 Å². The Labute approximate surface area is 130 Å². The minimum atomic E-state index is -3.47. The van der Waals surface area contributed by atoms with Crippen LogP contribution in [0.15, 0.2) is 46.4 Å². The fourth-order valence-corrected chi connectivity index (χ4v) is 2.42. The predicted octanol–water partition coefficient (Wildman–Crippen LogP) is 1.79. The van der Waals surface area contributed by atoms with Gasteiger partial charge < -0.3 is 5.32 Å². The maximum Gasteiger partial charge on any atom is 0.242 e. The molecule has 2 N–H and O–H groups in total. The van der Waals surface area contributed by atoms with Crippen LogP contribution in [0.5, 0.6) is 0 Å². The number of hydrogen-bond acceptors (Lipinski definition) is 4. The lowest BCUT2D eigenvalue weighted by molar-refractivity contribution is 0.521. The Kier molecular flexibility index (Phi) is 6.01. The number of hydrogen-bond donors (Lipinski definition) is 2. The van der Waals surface area contributed by atoms with E-state index in [2.05, 4.69) is 22.4 Å². The van der Waals surface area contributed by atoms with Crippen LogP contribution in [-0.4, -0.2) is 38.1 Å². The summed E-state index contributed by atoms with van der Waals surface area (Å²) in [5, 5.41) is 6.98. The standard InChI is InChI=1S/C13H18N4O2S2/c1-10(2)9-14-16-13(20)15-11-6-5-7-12(8-11)21(18,19)17(3)4/h5-9H,1H2,2-4H3,(H2,15,16,20). The van der Waals surface area contributed by atoms with Gasteiger partial charge in [-0.25, -0.2) is 12.7 Å². The van der Waals surface area contributed by atoms with Crippen molar-refractivity contribution in [1.82, 2.24) is 9.73 Å². The highest BCUT2D eigenvalue weighted by atomic mass is 32.2. The van der Waals surface area contributed by atoms with Crippen LogP contribution in [0.2, 0.25) is 0 Å². The van der Waals surface area contributed by atoms with Gasteiger partial charge in [0.1, 0.15) is 0 Å². The summed E-state index contributed by atoms with van der Waals surface area (Å²) in [4.78, 5) is 0.186. The largest absolute Gasteiger partial charge is 0.331 e. The van der Waals surface area contributed by atoms with E-state index in [-0.39, 0.29) is 10.0 Å². The summed E-state index contributed by atoms with van der Waals surface area (Å²) in [5.74, 6) is 0. The highest BCUT2D eigenvalue weighted by Gasteiger charge is 2.17. The number of nitrogens with zero attached hydrogens (tertiary/aromatic N) is 2. The quantitative estimate of drug-likeness (QED) is 0.490. The lowest BCUT2D eigenvalue weighted by Gasteiger charge is -2.13. The van der Waals surface area contributed by atoms with E-state index in [1.807, 2.05) is 0 Å². The average Bonchev–Trinajstić information content (AvgIpc) is 2.38. The second-order valence-corrected chi connectivity index (χ2v) is 7.05. The first-order valence-corrected chi connectivity index (χ1v) is 7.86. The number of rotatable bonds is 5. The van der Waals surface area contributed by atoms with E-state index >= 15 is 0 Å². The van der Waals surface area contributed by atoms with E-state index in [1.165, 1.54) is 32.4 Å². The van der Waals surface area contributed by atoms with Crippen LogP contribution in [0.4, 0.5) is 5.69 Å². The van der Waals surface area contributed by atoms with Gasteiger partial charge in [-0.05, 0) is 42.9 Å². The summed E-state index contributed by atoms with van der Waals surface area (Å²) in [6.07, 6.45) is 1.53. The van der Waals surface area contributed by atoms with Crippen molar-refractivity contribution in [3.63, 3.8) is 0 Å². The van der Waals surface area contributed by atoms with Gasteiger partial charge in [0.05, 0.1) is 4.90 Å². The Morgan fingerprint density at radius 3 is 2.67 bits per heavy atom. The Hall–Kier alpha value is -1.77. The number of hydrazone groups is 1. The summed E-state index contributed by atoms with van der Waals surface area (Å²) in [6, 6.07) is 6.38. The maximum absolute atomic E-state index is 12.0. The van der Waals surface area contributed by atoms with Crippen molar-refractivity contribution < 1.29 is 8.42 Å². The van der Waals surface area contributed by atoms with Crippen LogP contribution in [0.3, 0.4) is 0 Å². The second-order valence-electron chi connectivity index (χ2n) is 4.49. The third-order valence-electron chi connectivity index (χ3n) is 2.32. The fraction of sp³-hybridized carbons (Fsp3) is 0.231. The van der Waals surface area contributed by atoms with Gasteiger partial charge in [0.2, 0.25) is 10.0 Å². The molecule has 1 aromatic carbocycles. The molecule has 0 spiro atoms. The van der Waals surface area contributed by atoms with Crippen molar-refractivity contribution in [2.24, 2.45) is 5.10 Å².